The molecule has 1 aliphatic rings. The number of hydrogen-bond donors (Lipinski definition) is 6. The van der Waals surface area contributed by atoms with Gasteiger partial charge in [0.25, 0.3) is 0 Å². The van der Waals surface area contributed by atoms with Crippen LogP contribution in [0.15, 0.2) is 0 Å². The Balaban J connectivity index is 2.29. The minimum absolute atomic E-state index is 0.0250. The number of alkyl carbamates (subject to hydrolysis) is 2. The van der Waals surface area contributed by atoms with Gasteiger partial charge in [-0.3, -0.25) is 28.9 Å². The summed E-state index contributed by atoms with van der Waals surface area (Å²) in [5, 5.41) is 18.3. The zero-order chi connectivity index (χ0) is 35.0. The highest BCUT2D eigenvalue weighted by molar-refractivity contribution is 8.00. The molecule has 0 spiro atoms. The number of carbonyl (C=O) groups is 7. The number of thioether (sulfide) groups is 1. The van der Waals surface area contributed by atoms with E-state index >= 15 is 0 Å². The summed E-state index contributed by atoms with van der Waals surface area (Å²) in [6.07, 6.45) is -2.02. The first-order valence-electron chi connectivity index (χ1n) is 14.9. The molecule has 1 fully saturated rings. The molecule has 0 saturated carbocycles. The summed E-state index contributed by atoms with van der Waals surface area (Å²) in [6, 6.07) is -1.15. The number of ether oxygens (including phenoxy) is 5. The Hall–Kier alpha value is -3.72. The van der Waals surface area contributed by atoms with Crippen LogP contribution in [-0.4, -0.2) is 155 Å². The molecule has 2 atom stereocenters. The Kier molecular flexibility index (Phi) is 21.5. The second kappa shape index (κ2) is 24.5. The average molecular weight is 695 g/mol. The van der Waals surface area contributed by atoms with E-state index in [2.05, 4.69) is 21.3 Å². The van der Waals surface area contributed by atoms with E-state index < -0.39 is 53.3 Å². The van der Waals surface area contributed by atoms with Gasteiger partial charge in [-0.15, -0.1) is 11.8 Å². The lowest BCUT2D eigenvalue weighted by Crippen LogP contribution is -2.38. The SMILES string of the molecule is COCCNC(=O)OCC(COC(=O)NCCOC)OCCCC(=O)NCCNC(=O)CCN1C(=O)CC(SC[C@H](N)C(=O)O)C1=O. The van der Waals surface area contributed by atoms with Crippen molar-refractivity contribution in [1.82, 2.24) is 26.2 Å². The highest BCUT2D eigenvalue weighted by atomic mass is 32.2. The molecule has 0 aromatic carbocycles. The smallest absolute Gasteiger partial charge is 0.407 e. The fourth-order valence-electron chi connectivity index (χ4n) is 3.68. The Bertz CT molecular complexity index is 1010. The molecular weight excluding hydrogens is 648 g/mol. The lowest BCUT2D eigenvalue weighted by Gasteiger charge is -2.18. The number of rotatable bonds is 25. The van der Waals surface area contributed by atoms with E-state index in [1.54, 1.807) is 0 Å². The minimum atomic E-state index is -1.20. The molecule has 1 aliphatic heterocycles. The van der Waals surface area contributed by atoms with E-state index in [1.807, 2.05) is 0 Å². The normalized spacial score (nSPS) is 14.9. The van der Waals surface area contributed by atoms with Crippen LogP contribution in [0.5, 0.6) is 0 Å². The average Bonchev–Trinajstić information content (AvgIpc) is 3.31. The fraction of sp³-hybridized carbons (Fsp3) is 0.741. The topological polar surface area (TPSA) is 263 Å². The van der Waals surface area contributed by atoms with Gasteiger partial charge >= 0.3 is 18.2 Å². The molecule has 1 unspecified atom stereocenters. The molecule has 1 heterocycles. The van der Waals surface area contributed by atoms with Gasteiger partial charge in [0.15, 0.2) is 0 Å². The van der Waals surface area contributed by atoms with Crippen LogP contribution in [0.3, 0.4) is 0 Å². The molecule has 0 aliphatic carbocycles. The van der Waals surface area contributed by atoms with E-state index in [0.717, 1.165) is 16.7 Å². The van der Waals surface area contributed by atoms with Gasteiger partial charge in [0, 0.05) is 78.6 Å². The first-order chi connectivity index (χ1) is 22.5. The first kappa shape index (κ1) is 41.3. The number of aliphatic carboxylic acids is 1. The standard InChI is InChI=1S/C27H46N6O13S/c1-42-12-8-31-26(40)45-15-18(16-46-27(41)32-9-13-43-2)44-11-3-4-21(34)29-6-7-30-22(35)5-10-33-23(36)14-20(24(33)37)47-17-19(28)25(38)39/h18-20H,3-17,28H2,1-2H3,(H,29,34)(H,30,35)(H,31,40)(H,32,41)(H,38,39)/t19-,20?/m0/s1. The summed E-state index contributed by atoms with van der Waals surface area (Å²) < 4.78 is 25.5. The zero-order valence-corrected chi connectivity index (χ0v) is 27.4. The van der Waals surface area contributed by atoms with Gasteiger partial charge in [0.1, 0.15) is 25.4 Å². The van der Waals surface area contributed by atoms with Crippen LogP contribution in [0, 0.1) is 0 Å². The summed E-state index contributed by atoms with van der Waals surface area (Å²) >= 11 is 0.996. The summed E-state index contributed by atoms with van der Waals surface area (Å²) in [4.78, 5) is 84.4. The monoisotopic (exact) mass is 694 g/mol. The van der Waals surface area contributed by atoms with E-state index in [-0.39, 0.29) is 83.5 Å². The van der Waals surface area contributed by atoms with Crippen LogP contribution in [0.1, 0.15) is 25.7 Å². The Morgan fingerprint density at radius 2 is 1.43 bits per heavy atom. The van der Waals surface area contributed by atoms with Crippen LogP contribution in [0.25, 0.3) is 0 Å². The summed E-state index contributed by atoms with van der Waals surface area (Å²) in [6.45, 7) is 0.889. The number of nitrogens with zero attached hydrogens (tertiary/aromatic N) is 1. The molecule has 6 amide bonds. The molecule has 1 saturated heterocycles. The van der Waals surface area contributed by atoms with Crippen molar-refractivity contribution in [3.05, 3.63) is 0 Å². The van der Waals surface area contributed by atoms with Crippen molar-refractivity contribution in [3.63, 3.8) is 0 Å². The van der Waals surface area contributed by atoms with E-state index in [1.165, 1.54) is 14.2 Å². The molecule has 19 nitrogen and oxygen atoms in total. The molecule has 20 heteroatoms. The highest BCUT2D eigenvalue weighted by Gasteiger charge is 2.39. The number of methoxy groups -OCH3 is 2. The van der Waals surface area contributed by atoms with Gasteiger partial charge in [-0.05, 0) is 6.42 Å². The molecule has 0 aromatic heterocycles. The molecule has 1 rings (SSSR count). The van der Waals surface area contributed by atoms with E-state index in [0.29, 0.717) is 19.6 Å². The molecule has 268 valence electrons. The van der Waals surface area contributed by atoms with Crippen molar-refractivity contribution in [2.45, 2.75) is 43.1 Å². The third-order valence-corrected chi connectivity index (χ3v) is 7.50. The van der Waals surface area contributed by atoms with Crippen LogP contribution in [0.4, 0.5) is 9.59 Å². The lowest BCUT2D eigenvalue weighted by atomic mass is 10.3. The Morgan fingerprint density at radius 3 is 1.96 bits per heavy atom. The zero-order valence-electron chi connectivity index (χ0n) is 26.6. The van der Waals surface area contributed by atoms with Crippen LogP contribution >= 0.6 is 11.8 Å². The first-order valence-corrected chi connectivity index (χ1v) is 15.9. The van der Waals surface area contributed by atoms with E-state index in [4.69, 9.17) is 34.5 Å². The summed E-state index contributed by atoms with van der Waals surface area (Å²) in [7, 11) is 2.97. The van der Waals surface area contributed by atoms with Crippen LogP contribution in [-0.2, 0) is 47.7 Å². The molecule has 0 radical (unpaired) electrons. The lowest BCUT2D eigenvalue weighted by molar-refractivity contribution is -0.139. The number of carboxylic acid groups (broad SMARTS) is 1. The van der Waals surface area contributed by atoms with Crippen molar-refractivity contribution in [1.29, 1.82) is 0 Å². The molecule has 47 heavy (non-hydrogen) atoms. The van der Waals surface area contributed by atoms with Crippen molar-refractivity contribution >= 4 is 53.5 Å². The minimum Gasteiger partial charge on any atom is -0.480 e. The van der Waals surface area contributed by atoms with Crippen molar-refractivity contribution in [2.75, 3.05) is 85.7 Å². The Morgan fingerprint density at radius 1 is 0.872 bits per heavy atom. The van der Waals surface area contributed by atoms with Gasteiger partial charge in [-0.1, -0.05) is 0 Å². The molecular formula is C27H46N6O13S. The summed E-state index contributed by atoms with van der Waals surface area (Å²) in [5.41, 5.74) is 5.44. The summed E-state index contributed by atoms with van der Waals surface area (Å²) in [5.74, 6) is -2.89. The third-order valence-electron chi connectivity index (χ3n) is 6.18. The second-order valence-electron chi connectivity index (χ2n) is 9.94. The van der Waals surface area contributed by atoms with Gasteiger partial charge in [0.05, 0.1) is 18.5 Å². The predicted molar refractivity (Wildman–Crippen MR) is 165 cm³/mol. The van der Waals surface area contributed by atoms with Crippen molar-refractivity contribution in [2.24, 2.45) is 5.73 Å². The van der Waals surface area contributed by atoms with Crippen LogP contribution in [0.2, 0.25) is 0 Å². The van der Waals surface area contributed by atoms with Gasteiger partial charge < -0.3 is 55.8 Å². The van der Waals surface area contributed by atoms with Crippen molar-refractivity contribution in [3.8, 4) is 0 Å². The number of carboxylic acids is 1. The number of imide groups is 1. The quantitative estimate of drug-likeness (QED) is 0.0437. The van der Waals surface area contributed by atoms with Gasteiger partial charge in [-0.25, -0.2) is 9.59 Å². The van der Waals surface area contributed by atoms with Gasteiger partial charge in [0.2, 0.25) is 23.6 Å². The van der Waals surface area contributed by atoms with Crippen LogP contribution < -0.4 is 27.0 Å². The number of nitrogens with two attached hydrogens (primary N) is 1. The number of hydrogen-bond acceptors (Lipinski definition) is 14. The maximum absolute atomic E-state index is 12.5. The maximum atomic E-state index is 12.5. The van der Waals surface area contributed by atoms with Gasteiger partial charge in [-0.2, -0.15) is 0 Å². The number of amides is 6. The fourth-order valence-corrected chi connectivity index (χ4v) is 4.79. The molecule has 0 aromatic rings. The predicted octanol–water partition coefficient (Wildman–Crippen LogP) is -2.21. The Labute approximate surface area is 276 Å². The van der Waals surface area contributed by atoms with E-state index in [9.17, 15) is 33.6 Å². The largest absolute Gasteiger partial charge is 0.480 e. The second-order valence-corrected chi connectivity index (χ2v) is 11.2. The van der Waals surface area contributed by atoms with Crippen molar-refractivity contribution < 1.29 is 62.4 Å². The number of likely N-dealkylation sites (tertiary alicyclic amines) is 1. The molecule has 0 bridgehead atoms. The maximum Gasteiger partial charge on any atom is 0.407 e. The third kappa shape index (κ3) is 18.9. The highest BCUT2D eigenvalue weighted by Crippen LogP contribution is 2.25. The molecule has 7 N–H and O–H groups in total. The number of carbonyl (C=O) groups excluding carboxylic acids is 6. The number of nitrogens with one attached hydrogen (secondary N) is 4.